The molecule has 8 nitrogen and oxygen atoms in total. The third kappa shape index (κ3) is 5.53. The van der Waals surface area contributed by atoms with Crippen molar-refractivity contribution in [2.45, 2.75) is 6.42 Å². The van der Waals surface area contributed by atoms with Gasteiger partial charge in [0.2, 0.25) is 0 Å². The zero-order chi connectivity index (χ0) is 29.1. The van der Waals surface area contributed by atoms with Crippen LogP contribution in [0.4, 0.5) is 4.39 Å². The van der Waals surface area contributed by atoms with Crippen LogP contribution in [0.2, 0.25) is 0 Å². The second-order valence-corrected chi connectivity index (χ2v) is 9.87. The van der Waals surface area contributed by atoms with Gasteiger partial charge in [-0.15, -0.1) is 0 Å². The summed E-state index contributed by atoms with van der Waals surface area (Å²) in [4.78, 5) is 49.5. The number of aromatic amines is 1. The molecule has 1 aliphatic heterocycles. The van der Waals surface area contributed by atoms with E-state index in [1.807, 2.05) is 18.2 Å². The summed E-state index contributed by atoms with van der Waals surface area (Å²) in [5.74, 6) is -1.45. The predicted molar refractivity (Wildman–Crippen MR) is 157 cm³/mol. The van der Waals surface area contributed by atoms with Gasteiger partial charge in [-0.2, -0.15) is 5.10 Å². The maximum atomic E-state index is 15.2. The van der Waals surface area contributed by atoms with E-state index >= 15 is 4.39 Å². The molecule has 0 saturated carbocycles. The van der Waals surface area contributed by atoms with Gasteiger partial charge in [0.05, 0.1) is 41.1 Å². The Morgan fingerprint density at radius 1 is 0.833 bits per heavy atom. The topological polar surface area (TPSA) is 109 Å². The fraction of sp³-hybridized carbons (Fsp3) is 0.0909. The lowest BCUT2D eigenvalue weighted by molar-refractivity contribution is -0.113. The number of aromatic nitrogens is 4. The van der Waals surface area contributed by atoms with Gasteiger partial charge in [0.25, 0.3) is 11.5 Å². The highest BCUT2D eigenvalue weighted by molar-refractivity contribution is 6.15. The lowest BCUT2D eigenvalue weighted by Crippen LogP contribution is -2.42. The van der Waals surface area contributed by atoms with Crippen molar-refractivity contribution in [2.24, 2.45) is 0 Å². The number of H-pyrrole nitrogens is 1. The first-order valence-electron chi connectivity index (χ1n) is 13.3. The van der Waals surface area contributed by atoms with E-state index in [1.54, 1.807) is 73.1 Å². The van der Waals surface area contributed by atoms with E-state index in [4.69, 9.17) is 0 Å². The van der Waals surface area contributed by atoms with Crippen molar-refractivity contribution in [3.05, 3.63) is 147 Å². The molecule has 1 aliphatic rings. The van der Waals surface area contributed by atoms with Gasteiger partial charge < -0.3 is 4.90 Å². The predicted octanol–water partition coefficient (Wildman–Crippen LogP) is 4.64. The van der Waals surface area contributed by atoms with Crippen LogP contribution in [-0.4, -0.2) is 49.8 Å². The van der Waals surface area contributed by atoms with E-state index in [-0.39, 0.29) is 36.4 Å². The molecule has 0 bridgehead atoms. The smallest absolute Gasteiger partial charge is 0.272 e. The number of likely N-dealkylation sites (tertiary alicyclic amines) is 1. The van der Waals surface area contributed by atoms with E-state index in [0.29, 0.717) is 44.6 Å². The molecular formula is C33H24FN5O3. The molecular weight excluding hydrogens is 533 g/mol. The van der Waals surface area contributed by atoms with E-state index in [9.17, 15) is 14.4 Å². The molecule has 5 aromatic rings. The Morgan fingerprint density at radius 3 is 2.07 bits per heavy atom. The van der Waals surface area contributed by atoms with Gasteiger partial charge in [-0.05, 0) is 60.2 Å². The number of carbonyl (C=O) groups is 2. The number of halogens is 1. The van der Waals surface area contributed by atoms with Crippen molar-refractivity contribution < 1.29 is 14.0 Å². The molecule has 0 unspecified atom stereocenters. The number of nitrogens with one attached hydrogen (secondary N) is 1. The van der Waals surface area contributed by atoms with Crippen LogP contribution >= 0.6 is 0 Å². The van der Waals surface area contributed by atoms with Gasteiger partial charge in [0.1, 0.15) is 5.82 Å². The van der Waals surface area contributed by atoms with Crippen molar-refractivity contribution >= 4 is 34.6 Å². The number of Topliss-reactive ketones (excluding diaryl/α,β-unsaturated/α-hetero) is 1. The standard InChI is InChI=1S/C33H24FN5O3/c34-29-12-11-21(16-30-26-9-1-2-10-27(26)32(41)38-37-30)15-28(29)33(42)39-19-22(17-24-7-3-5-13-35-24)31(40)23(20-39)18-25-8-4-6-14-36-25/h1-15,17-18H,16,19-20H2,(H,38,41)/b22-17+,23-18+. The summed E-state index contributed by atoms with van der Waals surface area (Å²) in [6.07, 6.45) is 6.80. The minimum absolute atomic E-state index is 0.0103. The van der Waals surface area contributed by atoms with Gasteiger partial charge in [0.15, 0.2) is 5.78 Å². The summed E-state index contributed by atoms with van der Waals surface area (Å²) >= 11 is 0. The number of fused-ring (bicyclic) bond motifs is 1. The molecule has 9 heteroatoms. The van der Waals surface area contributed by atoms with Gasteiger partial charge in [-0.1, -0.05) is 36.4 Å². The number of ketones is 1. The van der Waals surface area contributed by atoms with Crippen LogP contribution in [-0.2, 0) is 11.2 Å². The first-order chi connectivity index (χ1) is 20.5. The summed E-state index contributed by atoms with van der Waals surface area (Å²) in [7, 11) is 0. The second kappa shape index (κ2) is 11.5. The van der Waals surface area contributed by atoms with Gasteiger partial charge in [-0.3, -0.25) is 24.4 Å². The molecule has 0 aliphatic carbocycles. The second-order valence-electron chi connectivity index (χ2n) is 9.87. The quantitative estimate of drug-likeness (QED) is 0.316. The Kier molecular flexibility index (Phi) is 7.30. The maximum Gasteiger partial charge on any atom is 0.272 e. The summed E-state index contributed by atoms with van der Waals surface area (Å²) in [6, 6.07) is 22.1. The fourth-order valence-corrected chi connectivity index (χ4v) is 4.98. The molecule has 1 amide bonds. The Bertz CT molecular complexity index is 1870. The number of piperidine rings is 1. The Hall–Kier alpha value is -5.57. The third-order valence-corrected chi connectivity index (χ3v) is 7.02. The largest absolute Gasteiger partial charge is 0.330 e. The van der Waals surface area contributed by atoms with Crippen LogP contribution in [0.25, 0.3) is 22.9 Å². The number of carbonyl (C=O) groups excluding carboxylic acids is 2. The minimum Gasteiger partial charge on any atom is -0.330 e. The molecule has 1 saturated heterocycles. The van der Waals surface area contributed by atoms with Crippen LogP contribution in [0.3, 0.4) is 0 Å². The summed E-state index contributed by atoms with van der Waals surface area (Å²) in [6.45, 7) is -0.0207. The van der Waals surface area contributed by atoms with Crippen molar-refractivity contribution in [3.8, 4) is 0 Å². The summed E-state index contributed by atoms with van der Waals surface area (Å²) in [5, 5.41) is 7.89. The molecule has 0 atom stereocenters. The molecule has 206 valence electrons. The highest BCUT2D eigenvalue weighted by Crippen LogP contribution is 2.25. The maximum absolute atomic E-state index is 15.2. The van der Waals surface area contributed by atoms with Crippen molar-refractivity contribution in [3.63, 3.8) is 0 Å². The Morgan fingerprint density at radius 2 is 1.45 bits per heavy atom. The average molecular weight is 558 g/mol. The molecule has 1 fully saturated rings. The number of pyridine rings is 2. The minimum atomic E-state index is -0.676. The molecule has 2 aromatic carbocycles. The molecule has 0 radical (unpaired) electrons. The molecule has 4 heterocycles. The van der Waals surface area contributed by atoms with Gasteiger partial charge in [0, 0.05) is 35.3 Å². The van der Waals surface area contributed by atoms with E-state index in [0.717, 1.165) is 0 Å². The first kappa shape index (κ1) is 26.6. The first-order valence-corrected chi connectivity index (χ1v) is 13.3. The van der Waals surface area contributed by atoms with E-state index in [1.165, 1.54) is 17.0 Å². The normalized spacial score (nSPS) is 15.5. The lowest BCUT2D eigenvalue weighted by Gasteiger charge is -2.30. The molecule has 42 heavy (non-hydrogen) atoms. The number of hydrogen-bond donors (Lipinski definition) is 1. The van der Waals surface area contributed by atoms with Crippen LogP contribution < -0.4 is 5.56 Å². The summed E-state index contributed by atoms with van der Waals surface area (Å²) in [5.41, 5.74) is 2.68. The number of rotatable bonds is 5. The van der Waals surface area contributed by atoms with Crippen LogP contribution in [0.15, 0.2) is 107 Å². The molecule has 0 spiro atoms. The number of nitrogens with zero attached hydrogens (tertiary/aromatic N) is 4. The highest BCUT2D eigenvalue weighted by atomic mass is 19.1. The SMILES string of the molecule is O=C1/C(=C/c2ccccn2)CN(C(=O)c2cc(Cc3n[nH]c(=O)c4ccccc34)ccc2F)C/C1=C\c1ccccn1. The third-order valence-electron chi connectivity index (χ3n) is 7.02. The van der Waals surface area contributed by atoms with Crippen molar-refractivity contribution in [2.75, 3.05) is 13.1 Å². The molecule has 6 rings (SSSR count). The van der Waals surface area contributed by atoms with Crippen LogP contribution in [0.5, 0.6) is 0 Å². The fourth-order valence-electron chi connectivity index (χ4n) is 4.98. The highest BCUT2D eigenvalue weighted by Gasteiger charge is 2.31. The monoisotopic (exact) mass is 557 g/mol. The summed E-state index contributed by atoms with van der Waals surface area (Å²) < 4.78 is 15.2. The van der Waals surface area contributed by atoms with Crippen molar-refractivity contribution in [1.82, 2.24) is 25.1 Å². The van der Waals surface area contributed by atoms with E-state index in [2.05, 4.69) is 20.2 Å². The van der Waals surface area contributed by atoms with Crippen molar-refractivity contribution in [1.29, 1.82) is 0 Å². The zero-order valence-corrected chi connectivity index (χ0v) is 22.3. The van der Waals surface area contributed by atoms with Crippen LogP contribution in [0, 0.1) is 5.82 Å². The van der Waals surface area contributed by atoms with Crippen LogP contribution in [0.1, 0.15) is 33.0 Å². The Labute approximate surface area is 239 Å². The van der Waals surface area contributed by atoms with E-state index < -0.39 is 11.7 Å². The number of amides is 1. The Balaban J connectivity index is 1.35. The van der Waals surface area contributed by atoms with Gasteiger partial charge in [-0.25, -0.2) is 9.49 Å². The molecule has 3 aromatic heterocycles. The molecule has 1 N–H and O–H groups in total. The number of hydrogen-bond acceptors (Lipinski definition) is 6. The zero-order valence-electron chi connectivity index (χ0n) is 22.3. The number of benzene rings is 2. The average Bonchev–Trinajstić information content (AvgIpc) is 3.02. The lowest BCUT2D eigenvalue weighted by atomic mass is 9.94. The van der Waals surface area contributed by atoms with Gasteiger partial charge >= 0.3 is 0 Å².